The third kappa shape index (κ3) is 3.64. The Kier molecular flexibility index (Phi) is 4.03. The lowest BCUT2D eigenvalue weighted by atomic mass is 10.2. The number of nitrogens with zero attached hydrogens (tertiary/aromatic N) is 1. The van der Waals surface area contributed by atoms with E-state index in [9.17, 15) is 0 Å². The van der Waals surface area contributed by atoms with E-state index in [1.807, 2.05) is 25.1 Å². The van der Waals surface area contributed by atoms with Crippen LogP contribution in [0.5, 0.6) is 0 Å². The maximum Gasteiger partial charge on any atom is 0.0643 e. The predicted octanol–water partition coefficient (Wildman–Crippen LogP) is 3.01. The van der Waals surface area contributed by atoms with E-state index in [1.54, 1.807) is 0 Å². The van der Waals surface area contributed by atoms with Crippen LogP contribution in [0, 0.1) is 14.9 Å². The van der Waals surface area contributed by atoms with Crippen molar-refractivity contribution in [2.75, 3.05) is 5.32 Å². The van der Waals surface area contributed by atoms with Gasteiger partial charge in [0.25, 0.3) is 0 Å². The highest BCUT2D eigenvalue weighted by molar-refractivity contribution is 14.1. The monoisotopic (exact) mass is 286 g/mol. The molecule has 1 aromatic rings. The fraction of sp³-hybridized carbons (Fsp3) is 0.300. The van der Waals surface area contributed by atoms with E-state index in [1.165, 1.54) is 3.57 Å². The van der Waals surface area contributed by atoms with Gasteiger partial charge in [0.05, 0.1) is 12.5 Å². The molecular formula is C10H11IN2. The molecule has 3 heteroatoms. The van der Waals surface area contributed by atoms with E-state index in [2.05, 4.69) is 40.0 Å². The number of hydrogen-bond donors (Lipinski definition) is 1. The predicted molar refractivity (Wildman–Crippen MR) is 62.5 cm³/mol. The van der Waals surface area contributed by atoms with E-state index < -0.39 is 0 Å². The summed E-state index contributed by atoms with van der Waals surface area (Å²) in [5.74, 6) is 0. The van der Waals surface area contributed by atoms with Crippen molar-refractivity contribution < 1.29 is 0 Å². The van der Waals surface area contributed by atoms with Crippen molar-refractivity contribution in [1.82, 2.24) is 0 Å². The van der Waals surface area contributed by atoms with Gasteiger partial charge in [0, 0.05) is 15.3 Å². The van der Waals surface area contributed by atoms with Crippen LogP contribution in [-0.4, -0.2) is 6.04 Å². The molecule has 1 aromatic carbocycles. The van der Waals surface area contributed by atoms with Crippen molar-refractivity contribution in [1.29, 1.82) is 5.26 Å². The molecule has 13 heavy (non-hydrogen) atoms. The Hall–Kier alpha value is -0.760. The zero-order valence-corrected chi connectivity index (χ0v) is 9.58. The summed E-state index contributed by atoms with van der Waals surface area (Å²) >= 11 is 2.27. The number of nitriles is 1. The molecule has 0 saturated carbocycles. The van der Waals surface area contributed by atoms with E-state index >= 15 is 0 Å². The van der Waals surface area contributed by atoms with Gasteiger partial charge in [-0.3, -0.25) is 0 Å². The van der Waals surface area contributed by atoms with Gasteiger partial charge in [-0.1, -0.05) is 6.07 Å². The Morgan fingerprint density at radius 1 is 1.62 bits per heavy atom. The van der Waals surface area contributed by atoms with E-state index in [4.69, 9.17) is 5.26 Å². The zero-order chi connectivity index (χ0) is 9.68. The third-order valence-corrected chi connectivity index (χ3v) is 2.31. The summed E-state index contributed by atoms with van der Waals surface area (Å²) in [6.07, 6.45) is 0.533. The highest BCUT2D eigenvalue weighted by Crippen LogP contribution is 2.13. The first-order chi connectivity index (χ1) is 6.22. The molecule has 1 atom stereocenters. The smallest absolute Gasteiger partial charge is 0.0643 e. The fourth-order valence-corrected chi connectivity index (χ4v) is 1.59. The Morgan fingerprint density at radius 3 is 3.00 bits per heavy atom. The normalized spacial score (nSPS) is 11.8. The van der Waals surface area contributed by atoms with Crippen molar-refractivity contribution in [3.05, 3.63) is 27.8 Å². The van der Waals surface area contributed by atoms with Crippen LogP contribution in [0.2, 0.25) is 0 Å². The van der Waals surface area contributed by atoms with Crippen molar-refractivity contribution in [3.63, 3.8) is 0 Å². The van der Waals surface area contributed by atoms with Gasteiger partial charge in [0.15, 0.2) is 0 Å². The highest BCUT2D eigenvalue weighted by Gasteiger charge is 2.00. The van der Waals surface area contributed by atoms with Gasteiger partial charge >= 0.3 is 0 Å². The second kappa shape index (κ2) is 5.07. The van der Waals surface area contributed by atoms with Crippen LogP contribution in [0.4, 0.5) is 5.69 Å². The average Bonchev–Trinajstić information content (AvgIpc) is 2.04. The molecule has 0 aliphatic heterocycles. The SMILES string of the molecule is CC(CC#N)Nc1cccc(I)c1. The Labute approximate surface area is 92.1 Å². The molecule has 0 aliphatic carbocycles. The summed E-state index contributed by atoms with van der Waals surface area (Å²) in [4.78, 5) is 0. The number of hydrogen-bond acceptors (Lipinski definition) is 2. The molecule has 1 unspecified atom stereocenters. The van der Waals surface area contributed by atoms with Gasteiger partial charge in [-0.05, 0) is 47.7 Å². The second-order valence-electron chi connectivity index (χ2n) is 2.92. The first kappa shape index (κ1) is 10.3. The maximum absolute atomic E-state index is 8.48. The first-order valence-corrected chi connectivity index (χ1v) is 5.19. The van der Waals surface area contributed by atoms with Gasteiger partial charge in [0.1, 0.15) is 0 Å². The summed E-state index contributed by atoms with van der Waals surface area (Å²) in [5.41, 5.74) is 1.08. The molecule has 0 aliphatic rings. The Morgan fingerprint density at radius 2 is 2.38 bits per heavy atom. The van der Waals surface area contributed by atoms with Crippen LogP contribution in [0.25, 0.3) is 0 Å². The molecule has 1 rings (SSSR count). The molecule has 0 amide bonds. The summed E-state index contributed by atoms with van der Waals surface area (Å²) in [5, 5.41) is 11.7. The lowest BCUT2D eigenvalue weighted by molar-refractivity contribution is 0.821. The Bertz CT molecular complexity index is 317. The van der Waals surface area contributed by atoms with Gasteiger partial charge < -0.3 is 5.32 Å². The topological polar surface area (TPSA) is 35.8 Å². The molecule has 0 saturated heterocycles. The minimum atomic E-state index is 0.211. The summed E-state index contributed by atoms with van der Waals surface area (Å²) in [7, 11) is 0. The number of halogens is 1. The Balaban J connectivity index is 2.59. The van der Waals surface area contributed by atoms with Crippen molar-refractivity contribution in [3.8, 4) is 6.07 Å². The minimum absolute atomic E-state index is 0.211. The van der Waals surface area contributed by atoms with Gasteiger partial charge in [0.2, 0.25) is 0 Å². The molecule has 0 fully saturated rings. The summed E-state index contributed by atoms with van der Waals surface area (Å²) < 4.78 is 1.20. The van der Waals surface area contributed by atoms with Crippen LogP contribution >= 0.6 is 22.6 Å². The number of anilines is 1. The number of benzene rings is 1. The second-order valence-corrected chi connectivity index (χ2v) is 4.16. The third-order valence-electron chi connectivity index (χ3n) is 1.64. The zero-order valence-electron chi connectivity index (χ0n) is 7.42. The van der Waals surface area contributed by atoms with Gasteiger partial charge in [-0.15, -0.1) is 0 Å². The molecule has 1 N–H and O–H groups in total. The number of rotatable bonds is 3. The van der Waals surface area contributed by atoms with Crippen LogP contribution in [0.3, 0.4) is 0 Å². The molecule has 2 nitrogen and oxygen atoms in total. The lowest BCUT2D eigenvalue weighted by Crippen LogP contribution is -2.13. The standard InChI is InChI=1S/C10H11IN2/c1-8(5-6-12)13-10-4-2-3-9(11)7-10/h2-4,7-8,13H,5H2,1H3. The molecule has 0 heterocycles. The summed E-state index contributed by atoms with van der Waals surface area (Å²) in [6.45, 7) is 2.00. The van der Waals surface area contributed by atoms with E-state index in [-0.39, 0.29) is 6.04 Å². The molecule has 0 aromatic heterocycles. The van der Waals surface area contributed by atoms with Gasteiger partial charge in [-0.25, -0.2) is 0 Å². The van der Waals surface area contributed by atoms with E-state index in [0.29, 0.717) is 6.42 Å². The molecule has 68 valence electrons. The minimum Gasteiger partial charge on any atom is -0.382 e. The van der Waals surface area contributed by atoms with Crippen LogP contribution in [0.15, 0.2) is 24.3 Å². The summed E-state index contributed by atoms with van der Waals surface area (Å²) in [6, 6.07) is 10.5. The van der Waals surface area contributed by atoms with Crippen molar-refractivity contribution in [2.45, 2.75) is 19.4 Å². The molecule has 0 bridgehead atoms. The largest absolute Gasteiger partial charge is 0.382 e. The molecule has 0 spiro atoms. The lowest BCUT2D eigenvalue weighted by Gasteiger charge is -2.11. The highest BCUT2D eigenvalue weighted by atomic mass is 127. The van der Waals surface area contributed by atoms with Crippen LogP contribution < -0.4 is 5.32 Å². The average molecular weight is 286 g/mol. The van der Waals surface area contributed by atoms with Crippen molar-refractivity contribution in [2.24, 2.45) is 0 Å². The van der Waals surface area contributed by atoms with Crippen LogP contribution in [0.1, 0.15) is 13.3 Å². The number of nitrogens with one attached hydrogen (secondary N) is 1. The van der Waals surface area contributed by atoms with Gasteiger partial charge in [-0.2, -0.15) is 5.26 Å². The van der Waals surface area contributed by atoms with E-state index in [0.717, 1.165) is 5.69 Å². The van der Waals surface area contributed by atoms with Crippen molar-refractivity contribution >= 4 is 28.3 Å². The maximum atomic E-state index is 8.48. The molecule has 0 radical (unpaired) electrons. The first-order valence-electron chi connectivity index (χ1n) is 4.11. The van der Waals surface area contributed by atoms with Crippen LogP contribution in [-0.2, 0) is 0 Å². The quantitative estimate of drug-likeness (QED) is 0.867. The molecular weight excluding hydrogens is 275 g/mol. The fourth-order valence-electron chi connectivity index (χ4n) is 1.05.